The van der Waals surface area contributed by atoms with Crippen molar-refractivity contribution in [1.82, 2.24) is 0 Å². The Morgan fingerprint density at radius 2 is 1.67 bits per heavy atom. The van der Waals surface area contributed by atoms with Gasteiger partial charge in [0, 0.05) is 15.2 Å². The fraction of sp³-hybridized carbons (Fsp3) is 0. The Morgan fingerprint density at radius 3 is 2.28 bits per heavy atom. The first-order valence-electron chi connectivity index (χ1n) is 5.15. The highest BCUT2D eigenvalue weighted by Crippen LogP contribution is 2.22. The summed E-state index contributed by atoms with van der Waals surface area (Å²) in [6.07, 6.45) is 0. The number of anilines is 1. The van der Waals surface area contributed by atoms with E-state index in [0.29, 0.717) is 5.69 Å². The smallest absolute Gasteiger partial charge is 0.255 e. The molecule has 2 aromatic carbocycles. The highest BCUT2D eigenvalue weighted by Gasteiger charge is 2.10. The molecule has 5 heteroatoms. The second kappa shape index (κ2) is 5.26. The monoisotopic (exact) mass is 355 g/mol. The SMILES string of the molecule is O=C(Nc1ccccc1I)c1cc(O)cc(O)c1. The van der Waals surface area contributed by atoms with Crippen molar-refractivity contribution in [3.05, 3.63) is 51.6 Å². The lowest BCUT2D eigenvalue weighted by molar-refractivity contribution is 0.102. The van der Waals surface area contributed by atoms with Crippen molar-refractivity contribution >= 4 is 34.2 Å². The largest absolute Gasteiger partial charge is 0.508 e. The van der Waals surface area contributed by atoms with Crippen molar-refractivity contribution < 1.29 is 15.0 Å². The summed E-state index contributed by atoms with van der Waals surface area (Å²) in [5, 5.41) is 21.4. The van der Waals surface area contributed by atoms with Crippen molar-refractivity contribution in [2.75, 3.05) is 5.32 Å². The van der Waals surface area contributed by atoms with Gasteiger partial charge in [0.25, 0.3) is 5.91 Å². The summed E-state index contributed by atoms with van der Waals surface area (Å²) >= 11 is 2.11. The Balaban J connectivity index is 2.25. The van der Waals surface area contributed by atoms with Gasteiger partial charge in [0.05, 0.1) is 5.69 Å². The van der Waals surface area contributed by atoms with Crippen LogP contribution in [-0.4, -0.2) is 16.1 Å². The lowest BCUT2D eigenvalue weighted by atomic mass is 10.2. The van der Waals surface area contributed by atoms with Gasteiger partial charge in [-0.25, -0.2) is 0 Å². The molecule has 4 nitrogen and oxygen atoms in total. The number of hydrogen-bond donors (Lipinski definition) is 3. The van der Waals surface area contributed by atoms with E-state index in [9.17, 15) is 15.0 Å². The Morgan fingerprint density at radius 1 is 1.06 bits per heavy atom. The van der Waals surface area contributed by atoms with Crippen LogP contribution in [0.3, 0.4) is 0 Å². The van der Waals surface area contributed by atoms with Crippen LogP contribution in [-0.2, 0) is 0 Å². The number of amides is 1. The molecule has 0 atom stereocenters. The molecule has 0 unspecified atom stereocenters. The predicted molar refractivity (Wildman–Crippen MR) is 76.9 cm³/mol. The number of carbonyl (C=O) groups excluding carboxylic acids is 1. The number of carbonyl (C=O) groups is 1. The van der Waals surface area contributed by atoms with E-state index in [-0.39, 0.29) is 23.0 Å². The minimum atomic E-state index is -0.384. The Bertz CT molecular complexity index is 578. The fourth-order valence-electron chi connectivity index (χ4n) is 1.48. The number of para-hydroxylation sites is 1. The highest BCUT2D eigenvalue weighted by atomic mass is 127. The number of benzene rings is 2. The third-order valence-electron chi connectivity index (χ3n) is 2.29. The summed E-state index contributed by atoms with van der Waals surface area (Å²) in [6, 6.07) is 11.1. The van der Waals surface area contributed by atoms with Crippen LogP contribution in [0.5, 0.6) is 11.5 Å². The molecule has 0 saturated heterocycles. The van der Waals surface area contributed by atoms with Gasteiger partial charge in [-0.3, -0.25) is 4.79 Å². The van der Waals surface area contributed by atoms with E-state index < -0.39 is 0 Å². The van der Waals surface area contributed by atoms with E-state index in [0.717, 1.165) is 3.57 Å². The van der Waals surface area contributed by atoms with Crippen LogP contribution in [0.25, 0.3) is 0 Å². The maximum atomic E-state index is 11.9. The van der Waals surface area contributed by atoms with E-state index in [4.69, 9.17) is 0 Å². The molecule has 0 aromatic heterocycles. The Hall–Kier alpha value is -1.76. The normalized spacial score (nSPS) is 10.1. The molecule has 0 bridgehead atoms. The zero-order chi connectivity index (χ0) is 13.1. The summed E-state index contributed by atoms with van der Waals surface area (Å²) in [4.78, 5) is 11.9. The molecule has 0 fully saturated rings. The summed E-state index contributed by atoms with van der Waals surface area (Å²) in [5.41, 5.74) is 0.887. The van der Waals surface area contributed by atoms with Gasteiger partial charge in [0.2, 0.25) is 0 Å². The summed E-state index contributed by atoms with van der Waals surface area (Å²) < 4.78 is 0.910. The third-order valence-corrected chi connectivity index (χ3v) is 3.23. The van der Waals surface area contributed by atoms with Crippen LogP contribution in [0.1, 0.15) is 10.4 Å². The highest BCUT2D eigenvalue weighted by molar-refractivity contribution is 14.1. The number of halogens is 1. The van der Waals surface area contributed by atoms with Crippen LogP contribution in [0.15, 0.2) is 42.5 Å². The summed E-state index contributed by atoms with van der Waals surface area (Å²) in [6.45, 7) is 0. The van der Waals surface area contributed by atoms with E-state index in [1.165, 1.54) is 18.2 Å². The Kier molecular flexibility index (Phi) is 3.71. The molecule has 0 aliphatic rings. The summed E-state index contributed by atoms with van der Waals surface area (Å²) in [7, 11) is 0. The van der Waals surface area contributed by atoms with E-state index in [2.05, 4.69) is 27.9 Å². The van der Waals surface area contributed by atoms with Gasteiger partial charge >= 0.3 is 0 Å². The van der Waals surface area contributed by atoms with Gasteiger partial charge in [0.1, 0.15) is 11.5 Å². The molecule has 2 aromatic rings. The molecule has 0 aliphatic heterocycles. The van der Waals surface area contributed by atoms with Gasteiger partial charge in [-0.05, 0) is 46.9 Å². The zero-order valence-corrected chi connectivity index (χ0v) is 11.4. The van der Waals surface area contributed by atoms with Crippen molar-refractivity contribution in [2.24, 2.45) is 0 Å². The average molecular weight is 355 g/mol. The van der Waals surface area contributed by atoms with Gasteiger partial charge in [-0.15, -0.1) is 0 Å². The minimum absolute atomic E-state index is 0.150. The molecule has 92 valence electrons. The first-order valence-corrected chi connectivity index (χ1v) is 6.23. The van der Waals surface area contributed by atoms with Crippen molar-refractivity contribution in [3.63, 3.8) is 0 Å². The summed E-state index contributed by atoms with van der Waals surface area (Å²) in [5.74, 6) is -0.684. The van der Waals surface area contributed by atoms with Crippen LogP contribution < -0.4 is 5.32 Å². The molecule has 1 amide bonds. The molecule has 2 rings (SSSR count). The predicted octanol–water partition coefficient (Wildman–Crippen LogP) is 2.95. The first-order chi connectivity index (χ1) is 8.56. The molecule has 18 heavy (non-hydrogen) atoms. The topological polar surface area (TPSA) is 69.6 Å². The molecule has 0 saturated carbocycles. The molecule has 3 N–H and O–H groups in total. The molecule has 0 aliphatic carbocycles. The van der Waals surface area contributed by atoms with E-state index >= 15 is 0 Å². The number of aromatic hydroxyl groups is 2. The number of hydrogen-bond acceptors (Lipinski definition) is 3. The molecule has 0 heterocycles. The number of rotatable bonds is 2. The number of phenolic OH excluding ortho intramolecular Hbond substituents is 2. The van der Waals surface area contributed by atoms with Crippen molar-refractivity contribution in [2.45, 2.75) is 0 Å². The Labute approximate surface area is 117 Å². The molecule has 0 spiro atoms. The third kappa shape index (κ3) is 2.92. The number of phenols is 2. The molecule has 0 radical (unpaired) electrons. The van der Waals surface area contributed by atoms with Crippen LogP contribution in [0, 0.1) is 3.57 Å². The molecular formula is C13H10INO3. The second-order valence-corrected chi connectivity index (χ2v) is 4.83. The van der Waals surface area contributed by atoms with E-state index in [1.54, 1.807) is 6.07 Å². The van der Waals surface area contributed by atoms with Gasteiger partial charge in [0.15, 0.2) is 0 Å². The van der Waals surface area contributed by atoms with Crippen molar-refractivity contribution in [1.29, 1.82) is 0 Å². The quantitative estimate of drug-likeness (QED) is 0.726. The molecular weight excluding hydrogens is 345 g/mol. The maximum absolute atomic E-state index is 11.9. The lowest BCUT2D eigenvalue weighted by Crippen LogP contribution is -2.12. The van der Waals surface area contributed by atoms with Gasteiger partial charge < -0.3 is 15.5 Å². The first kappa shape index (κ1) is 12.7. The van der Waals surface area contributed by atoms with Gasteiger partial charge in [-0.1, -0.05) is 12.1 Å². The number of nitrogens with one attached hydrogen (secondary N) is 1. The van der Waals surface area contributed by atoms with Crippen molar-refractivity contribution in [3.8, 4) is 11.5 Å². The second-order valence-electron chi connectivity index (χ2n) is 3.67. The maximum Gasteiger partial charge on any atom is 0.255 e. The lowest BCUT2D eigenvalue weighted by Gasteiger charge is -2.07. The minimum Gasteiger partial charge on any atom is -0.508 e. The standard InChI is InChI=1S/C13H10INO3/c14-11-3-1-2-4-12(11)15-13(18)8-5-9(16)7-10(17)6-8/h1-7,16-17H,(H,15,18). The van der Waals surface area contributed by atoms with E-state index in [1.807, 2.05) is 18.2 Å². The average Bonchev–Trinajstić information content (AvgIpc) is 2.31. The van der Waals surface area contributed by atoms with Crippen LogP contribution in [0.4, 0.5) is 5.69 Å². The van der Waals surface area contributed by atoms with Gasteiger partial charge in [-0.2, -0.15) is 0 Å². The van der Waals surface area contributed by atoms with Crippen LogP contribution >= 0.6 is 22.6 Å². The zero-order valence-electron chi connectivity index (χ0n) is 9.22. The fourth-order valence-corrected chi connectivity index (χ4v) is 2.01. The van der Waals surface area contributed by atoms with Crippen LogP contribution in [0.2, 0.25) is 0 Å².